The van der Waals surface area contributed by atoms with Crippen LogP contribution in [0.25, 0.3) is 0 Å². The first kappa shape index (κ1) is 17.5. The van der Waals surface area contributed by atoms with E-state index in [1.165, 1.54) is 32.1 Å². The molecule has 0 heterocycles. The van der Waals surface area contributed by atoms with Gasteiger partial charge in [0, 0.05) is 0 Å². The fourth-order valence-electron chi connectivity index (χ4n) is 2.21. The predicted octanol–water partition coefficient (Wildman–Crippen LogP) is 2.87. The second kappa shape index (κ2) is 7.21. The zero-order chi connectivity index (χ0) is 14.4. The van der Waals surface area contributed by atoms with Crippen LogP contribution in [0.3, 0.4) is 0 Å². The van der Waals surface area contributed by atoms with Crippen LogP contribution in [0.2, 0.25) is 4.09 Å². The summed E-state index contributed by atoms with van der Waals surface area (Å²) in [4.78, 5) is 18.9. The molecule has 1 rings (SSSR count). The van der Waals surface area contributed by atoms with Crippen LogP contribution in [0.1, 0.15) is 59.3 Å². The third-order valence-electron chi connectivity index (χ3n) is 4.07. The third kappa shape index (κ3) is 6.46. The van der Waals surface area contributed by atoms with Crippen LogP contribution < -0.4 is 0 Å². The van der Waals surface area contributed by atoms with Crippen molar-refractivity contribution in [1.29, 1.82) is 0 Å². The molecular formula is C13H23LiO4. The second-order valence-electron chi connectivity index (χ2n) is 6.34. The molecule has 0 spiro atoms. The molecule has 2 N–H and O–H groups in total. The van der Waals surface area contributed by atoms with Gasteiger partial charge in [0.05, 0.1) is 0 Å². The van der Waals surface area contributed by atoms with E-state index in [-0.39, 0.29) is 0 Å². The summed E-state index contributed by atoms with van der Waals surface area (Å²) < 4.78 is 0.616. The number of aliphatic carboxylic acids is 2. The van der Waals surface area contributed by atoms with E-state index in [2.05, 4.69) is 38.5 Å². The molecule has 0 unspecified atom stereocenters. The van der Waals surface area contributed by atoms with E-state index in [1.54, 1.807) is 0 Å². The van der Waals surface area contributed by atoms with Crippen LogP contribution in [0.4, 0.5) is 0 Å². The van der Waals surface area contributed by atoms with Crippen LogP contribution in [0, 0.1) is 5.41 Å². The van der Waals surface area contributed by atoms with Gasteiger partial charge in [-0.2, -0.15) is 0 Å². The molecule has 1 saturated carbocycles. The molecule has 18 heavy (non-hydrogen) atoms. The van der Waals surface area contributed by atoms with Crippen LogP contribution in [0.15, 0.2) is 0 Å². The van der Waals surface area contributed by atoms with Crippen molar-refractivity contribution in [1.82, 2.24) is 0 Å². The summed E-state index contributed by atoms with van der Waals surface area (Å²) in [5, 5.41) is 15.4. The SMILES string of the molecule is O=C(O)CC(=O)O.[Li][C]1(C(C)(C)C)CCCCC1. The topological polar surface area (TPSA) is 74.6 Å². The van der Waals surface area contributed by atoms with Gasteiger partial charge in [0.15, 0.2) is 0 Å². The van der Waals surface area contributed by atoms with E-state index >= 15 is 0 Å². The van der Waals surface area contributed by atoms with Crippen molar-refractivity contribution in [2.45, 2.75) is 63.4 Å². The molecule has 5 heteroatoms. The summed E-state index contributed by atoms with van der Waals surface area (Å²) in [6, 6.07) is 0. The average Bonchev–Trinajstić information content (AvgIpc) is 2.15. The maximum absolute atomic E-state index is 9.43. The molecule has 0 amide bonds. The maximum atomic E-state index is 9.43. The first-order valence-electron chi connectivity index (χ1n) is 6.52. The van der Waals surface area contributed by atoms with Crippen molar-refractivity contribution in [2.24, 2.45) is 5.41 Å². The standard InChI is InChI=1S/C10H19.C3H4O4.Li/c1-10(2,3)9-7-5-4-6-8-9;4-2(5)1-3(6)7;/h4-8H2,1-3H3;1H2,(H,4,5)(H,6,7);. The Morgan fingerprint density at radius 2 is 1.44 bits per heavy atom. The van der Waals surface area contributed by atoms with Gasteiger partial charge in [-0.25, -0.2) is 0 Å². The van der Waals surface area contributed by atoms with Crippen molar-refractivity contribution < 1.29 is 19.8 Å². The first-order chi connectivity index (χ1) is 8.08. The Morgan fingerprint density at radius 3 is 1.61 bits per heavy atom. The number of rotatable bonds is 2. The zero-order valence-electron chi connectivity index (χ0n) is 12.0. The van der Waals surface area contributed by atoms with Gasteiger partial charge in [-0.05, 0) is 0 Å². The summed E-state index contributed by atoms with van der Waals surface area (Å²) in [6.45, 7) is 7.16. The number of carboxylic acids is 2. The molecule has 0 atom stereocenters. The van der Waals surface area contributed by atoms with Crippen LogP contribution in [-0.2, 0) is 9.59 Å². The Kier molecular flexibility index (Phi) is 7.02. The molecule has 1 fully saturated rings. The van der Waals surface area contributed by atoms with Crippen molar-refractivity contribution in [3.8, 4) is 0 Å². The summed E-state index contributed by atoms with van der Waals surface area (Å²) in [5.74, 6) is -2.62. The number of hydrogen-bond donors (Lipinski definition) is 2. The molecule has 0 aromatic heterocycles. The van der Waals surface area contributed by atoms with E-state index < -0.39 is 18.4 Å². The van der Waals surface area contributed by atoms with Crippen LogP contribution in [-0.4, -0.2) is 39.9 Å². The molecule has 0 aromatic carbocycles. The van der Waals surface area contributed by atoms with Crippen LogP contribution in [0.5, 0.6) is 0 Å². The van der Waals surface area contributed by atoms with E-state index in [1.807, 2.05) is 0 Å². The Hall–Kier alpha value is -0.463. The normalized spacial score (nSPS) is 18.5. The summed E-state index contributed by atoms with van der Waals surface area (Å²) in [5.41, 5.74) is 0.507. The van der Waals surface area contributed by atoms with Crippen LogP contribution >= 0.6 is 0 Å². The van der Waals surface area contributed by atoms with Gasteiger partial charge < -0.3 is 10.2 Å². The Labute approximate surface area is 118 Å². The van der Waals surface area contributed by atoms with Gasteiger partial charge in [-0.15, -0.1) is 0 Å². The predicted molar refractivity (Wildman–Crippen MR) is 70.9 cm³/mol. The van der Waals surface area contributed by atoms with Crippen molar-refractivity contribution in [2.75, 3.05) is 0 Å². The molecule has 100 valence electrons. The fourth-order valence-corrected chi connectivity index (χ4v) is 2.21. The summed E-state index contributed by atoms with van der Waals surface area (Å²) in [7, 11) is 0. The molecule has 0 aromatic rings. The molecule has 0 bridgehead atoms. The van der Waals surface area contributed by atoms with E-state index in [0.717, 1.165) is 0 Å². The Balaban J connectivity index is 0.000000360. The van der Waals surface area contributed by atoms with Crippen molar-refractivity contribution in [3.05, 3.63) is 0 Å². The van der Waals surface area contributed by atoms with Gasteiger partial charge in [-0.1, -0.05) is 0 Å². The van der Waals surface area contributed by atoms with E-state index in [9.17, 15) is 9.59 Å². The molecule has 4 nitrogen and oxygen atoms in total. The van der Waals surface area contributed by atoms with Crippen molar-refractivity contribution in [3.63, 3.8) is 0 Å². The fraction of sp³-hybridized carbons (Fsp3) is 0.846. The summed E-state index contributed by atoms with van der Waals surface area (Å²) in [6.07, 6.45) is 6.44. The Morgan fingerprint density at radius 1 is 1.06 bits per heavy atom. The quantitative estimate of drug-likeness (QED) is 0.583. The molecule has 1 aliphatic carbocycles. The third-order valence-corrected chi connectivity index (χ3v) is 4.07. The second-order valence-corrected chi connectivity index (χ2v) is 6.34. The number of hydrogen-bond acceptors (Lipinski definition) is 2. The molecule has 0 radical (unpaired) electrons. The number of carbonyl (C=O) groups is 2. The minimum absolute atomic E-state index is 0.507. The molecular weight excluding hydrogens is 227 g/mol. The summed E-state index contributed by atoms with van der Waals surface area (Å²) >= 11 is 2.46. The zero-order valence-corrected chi connectivity index (χ0v) is 12.0. The van der Waals surface area contributed by atoms with E-state index in [0.29, 0.717) is 9.50 Å². The number of carboxylic acid groups (broad SMARTS) is 2. The molecule has 1 aliphatic rings. The van der Waals surface area contributed by atoms with Gasteiger partial charge in [0.2, 0.25) is 0 Å². The first-order valence-corrected chi connectivity index (χ1v) is 6.52. The van der Waals surface area contributed by atoms with Gasteiger partial charge in [0.1, 0.15) is 6.42 Å². The minimum atomic E-state index is -1.31. The van der Waals surface area contributed by atoms with Gasteiger partial charge in [-0.3, -0.25) is 9.59 Å². The average molecular weight is 250 g/mol. The monoisotopic (exact) mass is 250 g/mol. The molecule has 0 aliphatic heterocycles. The van der Waals surface area contributed by atoms with Gasteiger partial charge in [0.25, 0.3) is 0 Å². The Bertz CT molecular complexity index is 276. The van der Waals surface area contributed by atoms with E-state index in [4.69, 9.17) is 10.2 Å². The molecule has 0 saturated heterocycles. The van der Waals surface area contributed by atoms with Crippen molar-refractivity contribution >= 4 is 29.7 Å². The van der Waals surface area contributed by atoms with Gasteiger partial charge >= 0.3 is 92.0 Å².